The summed E-state index contributed by atoms with van der Waals surface area (Å²) in [6, 6.07) is 12.4. The highest BCUT2D eigenvalue weighted by molar-refractivity contribution is 6.35. The van der Waals surface area contributed by atoms with Crippen LogP contribution >= 0.6 is 23.2 Å². The van der Waals surface area contributed by atoms with Gasteiger partial charge in [-0.25, -0.2) is 4.98 Å². The fourth-order valence-corrected chi connectivity index (χ4v) is 5.20. The highest BCUT2D eigenvalue weighted by atomic mass is 35.5. The number of fused-ring (bicyclic) bond motifs is 1. The molecule has 166 valence electrons. The number of benzene rings is 2. The molecule has 5 rings (SSSR count). The lowest BCUT2D eigenvalue weighted by atomic mass is 9.95. The minimum Gasteiger partial charge on any atom is -0.342 e. The molecule has 3 aromatic rings. The molecule has 2 aromatic carbocycles. The van der Waals surface area contributed by atoms with Crippen molar-refractivity contribution in [1.82, 2.24) is 19.8 Å². The number of carbonyl (C=O) groups excluding carboxylic acids is 2. The molecule has 2 saturated heterocycles. The van der Waals surface area contributed by atoms with Crippen LogP contribution in [0.4, 0.5) is 0 Å². The van der Waals surface area contributed by atoms with Crippen molar-refractivity contribution in [3.8, 4) is 0 Å². The van der Waals surface area contributed by atoms with Gasteiger partial charge in [-0.2, -0.15) is 0 Å². The molecule has 3 heterocycles. The molecule has 1 N–H and O–H groups in total. The quantitative estimate of drug-likeness (QED) is 0.592. The predicted molar refractivity (Wildman–Crippen MR) is 125 cm³/mol. The summed E-state index contributed by atoms with van der Waals surface area (Å²) in [6.45, 7) is 1.88. The summed E-state index contributed by atoms with van der Waals surface area (Å²) in [6.07, 6.45) is 3.18. The number of nitrogens with zero attached hydrogens (tertiary/aromatic N) is 3. The predicted octanol–water partition coefficient (Wildman–Crippen LogP) is 4.88. The largest absolute Gasteiger partial charge is 0.342 e. The molecular formula is C24H24Cl2N4O2. The van der Waals surface area contributed by atoms with Gasteiger partial charge >= 0.3 is 0 Å². The lowest BCUT2D eigenvalue weighted by molar-refractivity contribution is -0.136. The molecule has 0 bridgehead atoms. The van der Waals surface area contributed by atoms with E-state index in [0.29, 0.717) is 47.6 Å². The topological polar surface area (TPSA) is 69.3 Å². The van der Waals surface area contributed by atoms with E-state index in [2.05, 4.69) is 4.98 Å². The second-order valence-corrected chi connectivity index (χ2v) is 9.36. The number of aromatic nitrogens is 2. The Bertz CT molecular complexity index is 1140. The number of halogens is 2. The molecule has 0 saturated carbocycles. The SMILES string of the molecule is O=C(C1CCCN1C(=O)c1cc(Cl)ccc1Cl)N1CCC(c2nc3ccccc3[nH]2)CC1. The zero-order chi connectivity index (χ0) is 22.2. The third-order valence-electron chi connectivity index (χ3n) is 6.56. The number of piperidine rings is 1. The number of H-pyrrole nitrogens is 1. The van der Waals surface area contributed by atoms with E-state index in [1.54, 1.807) is 23.1 Å². The molecule has 2 aliphatic heterocycles. The van der Waals surface area contributed by atoms with Gasteiger partial charge in [-0.3, -0.25) is 9.59 Å². The molecular weight excluding hydrogens is 447 g/mol. The van der Waals surface area contributed by atoms with Crippen LogP contribution in [0.3, 0.4) is 0 Å². The maximum absolute atomic E-state index is 13.3. The number of para-hydroxylation sites is 2. The van der Waals surface area contributed by atoms with Crippen LogP contribution in [0.15, 0.2) is 42.5 Å². The van der Waals surface area contributed by atoms with Crippen molar-refractivity contribution < 1.29 is 9.59 Å². The Labute approximate surface area is 196 Å². The Balaban J connectivity index is 1.26. The molecule has 0 radical (unpaired) electrons. The number of aromatic amines is 1. The summed E-state index contributed by atoms with van der Waals surface area (Å²) in [5.74, 6) is 1.09. The van der Waals surface area contributed by atoms with Crippen LogP contribution < -0.4 is 0 Å². The molecule has 1 unspecified atom stereocenters. The molecule has 0 aliphatic carbocycles. The van der Waals surface area contributed by atoms with E-state index in [1.807, 2.05) is 29.2 Å². The first-order chi connectivity index (χ1) is 15.5. The average Bonchev–Trinajstić information content (AvgIpc) is 3.47. The minimum absolute atomic E-state index is 0.0251. The molecule has 0 spiro atoms. The molecule has 32 heavy (non-hydrogen) atoms. The third-order valence-corrected chi connectivity index (χ3v) is 7.12. The minimum atomic E-state index is -0.444. The number of rotatable bonds is 3. The lowest BCUT2D eigenvalue weighted by Crippen LogP contribution is -2.49. The van der Waals surface area contributed by atoms with Crippen LogP contribution in [0.5, 0.6) is 0 Å². The highest BCUT2D eigenvalue weighted by Gasteiger charge is 2.38. The Kier molecular flexibility index (Phi) is 5.82. The van der Waals surface area contributed by atoms with Gasteiger partial charge in [-0.05, 0) is 56.0 Å². The fourth-order valence-electron chi connectivity index (χ4n) is 4.83. The van der Waals surface area contributed by atoms with Crippen molar-refractivity contribution in [2.45, 2.75) is 37.6 Å². The van der Waals surface area contributed by atoms with E-state index in [1.165, 1.54) is 0 Å². The maximum Gasteiger partial charge on any atom is 0.256 e. The summed E-state index contributed by atoms with van der Waals surface area (Å²) >= 11 is 12.3. The van der Waals surface area contributed by atoms with E-state index in [9.17, 15) is 9.59 Å². The van der Waals surface area contributed by atoms with Gasteiger partial charge in [0.15, 0.2) is 0 Å². The molecule has 1 aromatic heterocycles. The van der Waals surface area contributed by atoms with Crippen molar-refractivity contribution >= 4 is 46.0 Å². The van der Waals surface area contributed by atoms with Gasteiger partial charge in [0.2, 0.25) is 5.91 Å². The number of imidazole rings is 1. The zero-order valence-corrected chi connectivity index (χ0v) is 19.1. The van der Waals surface area contributed by atoms with Crippen LogP contribution in [0, 0.1) is 0 Å². The van der Waals surface area contributed by atoms with Crippen LogP contribution in [0.2, 0.25) is 10.0 Å². The van der Waals surface area contributed by atoms with E-state index in [0.717, 1.165) is 36.1 Å². The number of likely N-dealkylation sites (tertiary alicyclic amines) is 2. The maximum atomic E-state index is 13.3. The average molecular weight is 471 g/mol. The van der Waals surface area contributed by atoms with Crippen molar-refractivity contribution in [2.75, 3.05) is 19.6 Å². The number of carbonyl (C=O) groups is 2. The second kappa shape index (κ2) is 8.75. The van der Waals surface area contributed by atoms with E-state index < -0.39 is 6.04 Å². The van der Waals surface area contributed by atoms with Gasteiger partial charge in [-0.1, -0.05) is 35.3 Å². The van der Waals surface area contributed by atoms with E-state index in [-0.39, 0.29) is 11.8 Å². The monoisotopic (exact) mass is 470 g/mol. The van der Waals surface area contributed by atoms with E-state index >= 15 is 0 Å². The Hall–Kier alpha value is -2.57. The van der Waals surface area contributed by atoms with Crippen molar-refractivity contribution in [2.24, 2.45) is 0 Å². The Morgan fingerprint density at radius 2 is 1.78 bits per heavy atom. The summed E-state index contributed by atoms with van der Waals surface area (Å²) in [4.78, 5) is 38.2. The van der Waals surface area contributed by atoms with Crippen LogP contribution in [0.1, 0.15) is 47.8 Å². The number of hydrogen-bond acceptors (Lipinski definition) is 3. The van der Waals surface area contributed by atoms with Gasteiger partial charge in [-0.15, -0.1) is 0 Å². The van der Waals surface area contributed by atoms with Gasteiger partial charge < -0.3 is 14.8 Å². The fraction of sp³-hybridized carbons (Fsp3) is 0.375. The van der Waals surface area contributed by atoms with Crippen LogP contribution in [-0.2, 0) is 4.79 Å². The number of amides is 2. The Morgan fingerprint density at radius 3 is 2.56 bits per heavy atom. The molecule has 8 heteroatoms. The van der Waals surface area contributed by atoms with Crippen molar-refractivity contribution in [3.63, 3.8) is 0 Å². The first-order valence-corrected chi connectivity index (χ1v) is 11.8. The summed E-state index contributed by atoms with van der Waals surface area (Å²) in [5.41, 5.74) is 2.36. The zero-order valence-electron chi connectivity index (χ0n) is 17.6. The van der Waals surface area contributed by atoms with Crippen molar-refractivity contribution in [3.05, 3.63) is 63.9 Å². The van der Waals surface area contributed by atoms with Crippen LogP contribution in [-0.4, -0.2) is 57.3 Å². The molecule has 6 nitrogen and oxygen atoms in total. The summed E-state index contributed by atoms with van der Waals surface area (Å²) in [7, 11) is 0. The second-order valence-electron chi connectivity index (χ2n) is 8.52. The number of hydrogen-bond donors (Lipinski definition) is 1. The molecule has 1 atom stereocenters. The summed E-state index contributed by atoms with van der Waals surface area (Å²) in [5, 5.41) is 0.802. The molecule has 2 fully saturated rings. The van der Waals surface area contributed by atoms with Gasteiger partial charge in [0.1, 0.15) is 11.9 Å². The third kappa shape index (κ3) is 3.97. The number of nitrogens with one attached hydrogen (secondary N) is 1. The normalized spacial score (nSPS) is 19.6. The van der Waals surface area contributed by atoms with Crippen LogP contribution in [0.25, 0.3) is 11.0 Å². The first kappa shape index (κ1) is 21.3. The van der Waals surface area contributed by atoms with Gasteiger partial charge in [0.25, 0.3) is 5.91 Å². The molecule has 2 amide bonds. The standard InChI is InChI=1S/C24H24Cl2N4O2/c25-16-7-8-18(26)17(14-16)23(31)30-11-3-6-21(30)24(32)29-12-9-15(10-13-29)22-27-19-4-1-2-5-20(19)28-22/h1-2,4-5,7-8,14-15,21H,3,6,9-13H2,(H,27,28). The first-order valence-electron chi connectivity index (χ1n) is 11.0. The van der Waals surface area contributed by atoms with Gasteiger partial charge in [0.05, 0.1) is 21.6 Å². The highest BCUT2D eigenvalue weighted by Crippen LogP contribution is 2.31. The molecule has 2 aliphatic rings. The smallest absolute Gasteiger partial charge is 0.256 e. The van der Waals surface area contributed by atoms with Gasteiger partial charge in [0, 0.05) is 30.6 Å². The van der Waals surface area contributed by atoms with E-state index in [4.69, 9.17) is 28.2 Å². The lowest BCUT2D eigenvalue weighted by Gasteiger charge is -2.35. The summed E-state index contributed by atoms with van der Waals surface area (Å²) < 4.78 is 0. The Morgan fingerprint density at radius 1 is 1.00 bits per heavy atom. The van der Waals surface area contributed by atoms with Crippen molar-refractivity contribution in [1.29, 1.82) is 0 Å².